The maximum Gasteiger partial charge on any atom is 0.269 e. The number of amides is 1. The summed E-state index contributed by atoms with van der Waals surface area (Å²) in [5.74, 6) is 0.310. The van der Waals surface area contributed by atoms with E-state index in [2.05, 4.69) is 9.97 Å². The first-order valence-electron chi connectivity index (χ1n) is 9.10. The van der Waals surface area contributed by atoms with Crippen LogP contribution in [0.1, 0.15) is 12.7 Å². The zero-order valence-corrected chi connectivity index (χ0v) is 16.2. The highest BCUT2D eigenvalue weighted by atomic mass is 16.6. The van der Waals surface area contributed by atoms with Crippen LogP contribution in [-0.4, -0.2) is 45.8 Å². The van der Waals surface area contributed by atoms with E-state index in [4.69, 9.17) is 0 Å². The second-order valence-corrected chi connectivity index (χ2v) is 6.56. The summed E-state index contributed by atoms with van der Waals surface area (Å²) in [5.41, 5.74) is 0.928. The fourth-order valence-electron chi connectivity index (χ4n) is 2.94. The average molecular weight is 395 g/mol. The Morgan fingerprint density at radius 2 is 1.86 bits per heavy atom. The van der Waals surface area contributed by atoms with Crippen LogP contribution in [0.4, 0.5) is 11.4 Å². The minimum absolute atomic E-state index is 0.0314. The highest BCUT2D eigenvalue weighted by molar-refractivity contribution is 5.94. The van der Waals surface area contributed by atoms with Gasteiger partial charge in [0.15, 0.2) is 0 Å². The maximum atomic E-state index is 12.7. The predicted octanol–water partition coefficient (Wildman–Crippen LogP) is 2.32. The Bertz CT molecular complexity index is 1090. The van der Waals surface area contributed by atoms with Crippen LogP contribution in [0.5, 0.6) is 0 Å². The van der Waals surface area contributed by atoms with Gasteiger partial charge in [0.05, 0.1) is 28.9 Å². The SMILES string of the molecule is CCN(CC(=O)N(C)c1ccc([N+](=O)[O-])cc1)Cc1nc2ccccc2c(=O)[nH]1. The standard InChI is InChI=1S/C20H21N5O4/c1-3-24(12-18-21-17-7-5-4-6-16(17)20(27)22-18)13-19(26)23(2)14-8-10-15(11-9-14)25(28)29/h4-11H,3,12-13H2,1-2H3,(H,21,22,27). The molecule has 1 amide bonds. The molecule has 1 N–H and O–H groups in total. The highest BCUT2D eigenvalue weighted by Crippen LogP contribution is 2.18. The third kappa shape index (κ3) is 4.64. The van der Waals surface area contributed by atoms with Crippen molar-refractivity contribution in [1.29, 1.82) is 0 Å². The molecule has 0 unspecified atom stereocenters. The molecule has 0 aliphatic heterocycles. The van der Waals surface area contributed by atoms with Crippen molar-refractivity contribution in [2.45, 2.75) is 13.5 Å². The Hall–Kier alpha value is -3.59. The van der Waals surface area contributed by atoms with E-state index in [1.54, 1.807) is 25.2 Å². The van der Waals surface area contributed by atoms with Gasteiger partial charge in [-0.3, -0.25) is 24.6 Å². The summed E-state index contributed by atoms with van der Waals surface area (Å²) in [5, 5.41) is 11.3. The molecule has 0 fully saturated rings. The first kappa shape index (κ1) is 20.2. The summed E-state index contributed by atoms with van der Waals surface area (Å²) in [6.45, 7) is 2.92. The number of nitrogens with zero attached hydrogens (tertiary/aromatic N) is 4. The number of hydrogen-bond donors (Lipinski definition) is 1. The Morgan fingerprint density at radius 1 is 1.17 bits per heavy atom. The number of nitrogens with one attached hydrogen (secondary N) is 1. The van der Waals surface area contributed by atoms with Crippen LogP contribution in [0, 0.1) is 10.1 Å². The van der Waals surface area contributed by atoms with Gasteiger partial charge >= 0.3 is 0 Å². The third-order valence-electron chi connectivity index (χ3n) is 4.66. The van der Waals surface area contributed by atoms with Crippen LogP contribution in [0.3, 0.4) is 0 Å². The molecule has 0 atom stereocenters. The number of carbonyl (C=O) groups excluding carboxylic acids is 1. The number of rotatable bonds is 7. The fourth-order valence-corrected chi connectivity index (χ4v) is 2.94. The normalized spacial score (nSPS) is 11.0. The minimum Gasteiger partial charge on any atom is -0.314 e. The topological polar surface area (TPSA) is 112 Å². The average Bonchev–Trinajstić information content (AvgIpc) is 2.72. The number of non-ortho nitro benzene ring substituents is 1. The van der Waals surface area contributed by atoms with E-state index in [1.165, 1.54) is 29.2 Å². The van der Waals surface area contributed by atoms with E-state index >= 15 is 0 Å². The molecule has 1 aromatic heterocycles. The van der Waals surface area contributed by atoms with E-state index in [9.17, 15) is 19.7 Å². The van der Waals surface area contributed by atoms with E-state index in [-0.39, 0.29) is 23.7 Å². The zero-order chi connectivity index (χ0) is 21.0. The van der Waals surface area contributed by atoms with Crippen LogP contribution in [0.2, 0.25) is 0 Å². The van der Waals surface area contributed by atoms with Crippen LogP contribution in [0.15, 0.2) is 53.3 Å². The molecule has 0 saturated heterocycles. The van der Waals surface area contributed by atoms with Gasteiger partial charge in [-0.15, -0.1) is 0 Å². The van der Waals surface area contributed by atoms with Crippen LogP contribution < -0.4 is 10.5 Å². The zero-order valence-electron chi connectivity index (χ0n) is 16.2. The Balaban J connectivity index is 1.71. The molecule has 150 valence electrons. The lowest BCUT2D eigenvalue weighted by molar-refractivity contribution is -0.384. The Labute approximate surface area is 166 Å². The number of likely N-dealkylation sites (N-methyl/N-ethyl adjacent to an activating group) is 2. The smallest absolute Gasteiger partial charge is 0.269 e. The maximum absolute atomic E-state index is 12.7. The predicted molar refractivity (Wildman–Crippen MR) is 110 cm³/mol. The van der Waals surface area contributed by atoms with Gasteiger partial charge in [0.25, 0.3) is 11.2 Å². The molecule has 29 heavy (non-hydrogen) atoms. The van der Waals surface area contributed by atoms with Crippen molar-refractivity contribution in [2.24, 2.45) is 0 Å². The molecule has 0 bridgehead atoms. The molecule has 9 heteroatoms. The summed E-state index contributed by atoms with van der Waals surface area (Å²) in [4.78, 5) is 45.7. The number of nitro benzene ring substituents is 1. The van der Waals surface area contributed by atoms with Crippen LogP contribution in [-0.2, 0) is 11.3 Å². The van der Waals surface area contributed by atoms with Gasteiger partial charge in [-0.2, -0.15) is 0 Å². The van der Waals surface area contributed by atoms with E-state index < -0.39 is 4.92 Å². The fraction of sp³-hybridized carbons (Fsp3) is 0.250. The van der Waals surface area contributed by atoms with Crippen molar-refractivity contribution in [3.05, 3.63) is 74.8 Å². The number of para-hydroxylation sites is 1. The second kappa shape index (κ2) is 8.61. The first-order valence-corrected chi connectivity index (χ1v) is 9.10. The van der Waals surface area contributed by atoms with Crippen molar-refractivity contribution in [1.82, 2.24) is 14.9 Å². The van der Waals surface area contributed by atoms with Gasteiger partial charge in [0.2, 0.25) is 5.91 Å². The molecule has 3 aromatic rings. The van der Waals surface area contributed by atoms with Gasteiger partial charge in [0, 0.05) is 24.9 Å². The van der Waals surface area contributed by atoms with Gasteiger partial charge in [-0.05, 0) is 30.8 Å². The molecular weight excluding hydrogens is 374 g/mol. The summed E-state index contributed by atoms with van der Waals surface area (Å²) >= 11 is 0. The number of anilines is 1. The van der Waals surface area contributed by atoms with Gasteiger partial charge < -0.3 is 9.88 Å². The third-order valence-corrected chi connectivity index (χ3v) is 4.66. The van der Waals surface area contributed by atoms with Crippen molar-refractivity contribution < 1.29 is 9.72 Å². The molecule has 0 aliphatic carbocycles. The number of carbonyl (C=O) groups is 1. The summed E-state index contributed by atoms with van der Waals surface area (Å²) in [6.07, 6.45) is 0. The largest absolute Gasteiger partial charge is 0.314 e. The van der Waals surface area contributed by atoms with Gasteiger partial charge in [-0.1, -0.05) is 19.1 Å². The van der Waals surface area contributed by atoms with Gasteiger partial charge in [0.1, 0.15) is 5.82 Å². The van der Waals surface area contributed by atoms with E-state index in [0.29, 0.717) is 35.5 Å². The number of aromatic amines is 1. The molecular formula is C20H21N5O4. The van der Waals surface area contributed by atoms with Crippen LogP contribution >= 0.6 is 0 Å². The van der Waals surface area contributed by atoms with Crippen LogP contribution in [0.25, 0.3) is 10.9 Å². The minimum atomic E-state index is -0.484. The molecule has 0 aliphatic rings. The van der Waals surface area contributed by atoms with E-state index in [1.807, 2.05) is 17.9 Å². The number of benzene rings is 2. The Kier molecular flexibility index (Phi) is 5.99. The lowest BCUT2D eigenvalue weighted by Crippen LogP contribution is -2.38. The number of H-pyrrole nitrogens is 1. The number of fused-ring (bicyclic) bond motifs is 1. The quantitative estimate of drug-likeness (QED) is 0.485. The Morgan fingerprint density at radius 3 is 2.52 bits per heavy atom. The second-order valence-electron chi connectivity index (χ2n) is 6.56. The summed E-state index contributed by atoms with van der Waals surface area (Å²) in [6, 6.07) is 12.9. The molecule has 1 heterocycles. The first-order chi connectivity index (χ1) is 13.9. The van der Waals surface area contributed by atoms with Crippen molar-refractivity contribution >= 4 is 28.2 Å². The molecule has 2 aromatic carbocycles. The lowest BCUT2D eigenvalue weighted by atomic mass is 10.2. The monoisotopic (exact) mass is 395 g/mol. The van der Waals surface area contributed by atoms with Crippen molar-refractivity contribution in [2.75, 3.05) is 25.0 Å². The number of hydrogen-bond acceptors (Lipinski definition) is 6. The summed E-state index contributed by atoms with van der Waals surface area (Å²) < 4.78 is 0. The molecule has 0 saturated carbocycles. The number of nitro groups is 1. The number of aromatic nitrogens is 2. The molecule has 9 nitrogen and oxygen atoms in total. The highest BCUT2D eigenvalue weighted by Gasteiger charge is 2.17. The van der Waals surface area contributed by atoms with Crippen molar-refractivity contribution in [3.8, 4) is 0 Å². The van der Waals surface area contributed by atoms with Gasteiger partial charge in [-0.25, -0.2) is 4.98 Å². The molecule has 0 spiro atoms. The lowest BCUT2D eigenvalue weighted by Gasteiger charge is -2.23. The van der Waals surface area contributed by atoms with Crippen molar-refractivity contribution in [3.63, 3.8) is 0 Å². The summed E-state index contributed by atoms with van der Waals surface area (Å²) in [7, 11) is 1.62. The molecule has 0 radical (unpaired) electrons. The molecule has 3 rings (SSSR count). The van der Waals surface area contributed by atoms with E-state index in [0.717, 1.165) is 0 Å².